The molecule has 0 rings (SSSR count). The van der Waals surface area contributed by atoms with E-state index in [1.165, 1.54) is 0 Å². The van der Waals surface area contributed by atoms with Crippen LogP contribution in [0.2, 0.25) is 18.1 Å². The lowest BCUT2D eigenvalue weighted by molar-refractivity contribution is 0.294. The van der Waals surface area contributed by atoms with Crippen molar-refractivity contribution in [1.82, 2.24) is 0 Å². The highest BCUT2D eigenvalue weighted by Crippen LogP contribution is 2.36. The van der Waals surface area contributed by atoms with Crippen LogP contribution in [0.4, 0.5) is 0 Å². The molecule has 0 saturated carbocycles. The molecule has 0 aliphatic rings. The van der Waals surface area contributed by atoms with E-state index in [0.29, 0.717) is 5.04 Å². The number of hydrogen-bond donors (Lipinski definition) is 0. The lowest BCUT2D eigenvalue weighted by atomic mass is 10.2. The van der Waals surface area contributed by atoms with E-state index in [1.54, 1.807) is 0 Å². The normalized spacial score (nSPS) is 14.0. The predicted octanol–water partition coefficient (Wildman–Crippen LogP) is 3.97. The van der Waals surface area contributed by atoms with Gasteiger partial charge in [-0.15, -0.1) is 0 Å². The summed E-state index contributed by atoms with van der Waals surface area (Å²) in [4.78, 5) is 0. The molecule has 0 saturated heterocycles. The highest BCUT2D eigenvalue weighted by atomic mass is 28.4. The van der Waals surface area contributed by atoms with Crippen molar-refractivity contribution in [3.05, 3.63) is 12.2 Å². The lowest BCUT2D eigenvalue weighted by Crippen LogP contribution is -2.40. The molecule has 1 nitrogen and oxygen atoms in total. The van der Waals surface area contributed by atoms with Gasteiger partial charge in [0.15, 0.2) is 8.32 Å². The molecule has 2 heteroatoms. The Hall–Kier alpha value is -0.0831. The van der Waals surface area contributed by atoms with Gasteiger partial charge in [0.05, 0.1) is 0 Å². The van der Waals surface area contributed by atoms with Crippen molar-refractivity contribution in [3.8, 4) is 0 Å². The Kier molecular flexibility index (Phi) is 4.93. The minimum Gasteiger partial charge on any atom is -0.417 e. The van der Waals surface area contributed by atoms with Crippen molar-refractivity contribution < 1.29 is 4.43 Å². The van der Waals surface area contributed by atoms with Crippen molar-refractivity contribution in [2.45, 2.75) is 52.2 Å². The molecule has 0 fully saturated rings. The summed E-state index contributed by atoms with van der Waals surface area (Å²) in [6, 6.07) is 0. The lowest BCUT2D eigenvalue weighted by Gasteiger charge is -2.36. The Morgan fingerprint density at radius 2 is 1.77 bits per heavy atom. The first-order valence-electron chi connectivity index (χ1n) is 5.06. The summed E-state index contributed by atoms with van der Waals surface area (Å²) in [5.74, 6) is 0. The van der Waals surface area contributed by atoms with Crippen LogP contribution in [0.5, 0.6) is 0 Å². The Bertz CT molecular complexity index is 165. The van der Waals surface area contributed by atoms with Gasteiger partial charge in [0.25, 0.3) is 0 Å². The summed E-state index contributed by atoms with van der Waals surface area (Å²) in [7, 11) is -1.49. The first-order valence-corrected chi connectivity index (χ1v) is 7.97. The monoisotopic (exact) mass is 200 g/mol. The molecule has 0 spiro atoms. The Labute approximate surface area is 84.3 Å². The molecular formula is C11H24OSi. The van der Waals surface area contributed by atoms with Crippen molar-refractivity contribution in [2.75, 3.05) is 6.61 Å². The fourth-order valence-corrected chi connectivity index (χ4v) is 1.83. The molecule has 0 aromatic rings. The van der Waals surface area contributed by atoms with Crippen molar-refractivity contribution in [3.63, 3.8) is 0 Å². The molecule has 0 atom stereocenters. The summed E-state index contributed by atoms with van der Waals surface area (Å²) in [6.45, 7) is 14.3. The van der Waals surface area contributed by atoms with Gasteiger partial charge in [0.2, 0.25) is 0 Å². The molecular weight excluding hydrogens is 176 g/mol. The smallest absolute Gasteiger partial charge is 0.191 e. The van der Waals surface area contributed by atoms with E-state index >= 15 is 0 Å². The van der Waals surface area contributed by atoms with Gasteiger partial charge in [-0.3, -0.25) is 0 Å². The minimum atomic E-state index is -1.49. The van der Waals surface area contributed by atoms with E-state index < -0.39 is 8.32 Å². The van der Waals surface area contributed by atoms with E-state index in [0.717, 1.165) is 13.0 Å². The SMILES string of the molecule is C/C=C\CCO[Si](C)(C)C(C)(C)C. The minimum absolute atomic E-state index is 0.336. The Morgan fingerprint density at radius 3 is 2.15 bits per heavy atom. The van der Waals surface area contributed by atoms with E-state index in [4.69, 9.17) is 4.43 Å². The third-order valence-electron chi connectivity index (χ3n) is 2.79. The topological polar surface area (TPSA) is 9.23 Å². The summed E-state index contributed by atoms with van der Waals surface area (Å²) in [6.07, 6.45) is 5.28. The molecule has 13 heavy (non-hydrogen) atoms. The zero-order chi connectivity index (χ0) is 10.5. The average Bonchev–Trinajstić information content (AvgIpc) is 1.96. The maximum Gasteiger partial charge on any atom is 0.191 e. The Balaban J connectivity index is 3.90. The van der Waals surface area contributed by atoms with Gasteiger partial charge in [-0.05, 0) is 31.5 Å². The molecule has 0 aromatic carbocycles. The fourth-order valence-electron chi connectivity index (χ4n) is 0.765. The van der Waals surface area contributed by atoms with Gasteiger partial charge in [-0.1, -0.05) is 32.9 Å². The maximum atomic E-state index is 5.98. The highest BCUT2D eigenvalue weighted by Gasteiger charge is 2.36. The van der Waals surface area contributed by atoms with Crippen LogP contribution in [0.3, 0.4) is 0 Å². The van der Waals surface area contributed by atoms with E-state index in [1.807, 2.05) is 6.92 Å². The molecule has 0 aromatic heterocycles. The van der Waals surface area contributed by atoms with Crippen molar-refractivity contribution in [1.29, 1.82) is 0 Å². The third-order valence-corrected chi connectivity index (χ3v) is 7.33. The molecule has 0 aliphatic heterocycles. The van der Waals surface area contributed by atoms with Crippen LogP contribution < -0.4 is 0 Å². The largest absolute Gasteiger partial charge is 0.417 e. The summed E-state index contributed by atoms with van der Waals surface area (Å²) in [5, 5.41) is 0.336. The standard InChI is InChI=1S/C11H24OSi/c1-7-8-9-10-12-13(5,6)11(2,3)4/h7-8H,9-10H2,1-6H3/b8-7-. The molecule has 0 radical (unpaired) electrons. The molecule has 0 amide bonds. The maximum absolute atomic E-state index is 5.98. The zero-order valence-electron chi connectivity index (χ0n) is 9.98. The average molecular weight is 200 g/mol. The zero-order valence-corrected chi connectivity index (χ0v) is 11.0. The molecule has 78 valence electrons. The van der Waals surface area contributed by atoms with Gasteiger partial charge >= 0.3 is 0 Å². The number of rotatable bonds is 4. The van der Waals surface area contributed by atoms with Gasteiger partial charge < -0.3 is 4.43 Å². The van der Waals surface area contributed by atoms with Crippen LogP contribution >= 0.6 is 0 Å². The molecule has 0 unspecified atom stereocenters. The van der Waals surface area contributed by atoms with Crippen LogP contribution in [0.15, 0.2) is 12.2 Å². The second-order valence-corrected chi connectivity index (χ2v) is 9.78. The second-order valence-electron chi connectivity index (χ2n) is 4.97. The van der Waals surface area contributed by atoms with Crippen LogP contribution in [-0.4, -0.2) is 14.9 Å². The quantitative estimate of drug-likeness (QED) is 0.379. The van der Waals surface area contributed by atoms with E-state index in [9.17, 15) is 0 Å². The number of hydrogen-bond acceptors (Lipinski definition) is 1. The molecule has 0 heterocycles. The molecule has 0 aliphatic carbocycles. The summed E-state index contributed by atoms with van der Waals surface area (Å²) >= 11 is 0. The van der Waals surface area contributed by atoms with Crippen LogP contribution in [0, 0.1) is 0 Å². The van der Waals surface area contributed by atoms with Gasteiger partial charge in [0, 0.05) is 6.61 Å². The van der Waals surface area contributed by atoms with Gasteiger partial charge in [-0.25, -0.2) is 0 Å². The van der Waals surface area contributed by atoms with E-state index in [2.05, 4.69) is 46.0 Å². The number of allylic oxidation sites excluding steroid dienone is 1. The highest BCUT2D eigenvalue weighted by molar-refractivity contribution is 6.74. The third kappa shape index (κ3) is 4.63. The van der Waals surface area contributed by atoms with Crippen LogP contribution in [0.1, 0.15) is 34.1 Å². The Morgan fingerprint density at radius 1 is 1.23 bits per heavy atom. The summed E-state index contributed by atoms with van der Waals surface area (Å²) in [5.41, 5.74) is 0. The second kappa shape index (κ2) is 4.96. The van der Waals surface area contributed by atoms with Crippen molar-refractivity contribution in [2.24, 2.45) is 0 Å². The van der Waals surface area contributed by atoms with Crippen molar-refractivity contribution >= 4 is 8.32 Å². The van der Waals surface area contributed by atoms with Crippen LogP contribution in [0.25, 0.3) is 0 Å². The molecule has 0 bridgehead atoms. The van der Waals surface area contributed by atoms with E-state index in [-0.39, 0.29) is 0 Å². The fraction of sp³-hybridized carbons (Fsp3) is 0.818. The first-order chi connectivity index (χ1) is 5.81. The van der Waals surface area contributed by atoms with Gasteiger partial charge in [-0.2, -0.15) is 0 Å². The van der Waals surface area contributed by atoms with Crippen LogP contribution in [-0.2, 0) is 4.43 Å². The summed E-state index contributed by atoms with van der Waals surface area (Å²) < 4.78 is 5.98. The first kappa shape index (κ1) is 12.9. The van der Waals surface area contributed by atoms with Gasteiger partial charge in [0.1, 0.15) is 0 Å². The molecule has 0 N–H and O–H groups in total. The predicted molar refractivity (Wildman–Crippen MR) is 62.6 cm³/mol.